The van der Waals surface area contributed by atoms with Crippen LogP contribution in [0.1, 0.15) is 11.4 Å². The molecule has 8 heteroatoms. The molecule has 0 bridgehead atoms. The summed E-state index contributed by atoms with van der Waals surface area (Å²) in [5, 5.41) is 11.2. The van der Waals surface area contributed by atoms with Crippen LogP contribution >= 0.6 is 27.5 Å². The van der Waals surface area contributed by atoms with E-state index in [9.17, 15) is 10.1 Å². The van der Waals surface area contributed by atoms with Gasteiger partial charge in [0.2, 0.25) is 5.88 Å². The Labute approximate surface area is 128 Å². The van der Waals surface area contributed by atoms with Gasteiger partial charge in [-0.15, -0.1) is 0 Å². The molecular weight excluding hydrogens is 350 g/mol. The van der Waals surface area contributed by atoms with Gasteiger partial charge in [-0.05, 0) is 35.8 Å². The van der Waals surface area contributed by atoms with Crippen LogP contribution in [0.4, 0.5) is 5.69 Å². The number of nitro benzene ring substituents is 1. The van der Waals surface area contributed by atoms with Gasteiger partial charge in [-0.25, -0.2) is 4.98 Å². The third kappa shape index (κ3) is 2.88. The molecule has 0 N–H and O–H groups in total. The highest BCUT2D eigenvalue weighted by Crippen LogP contribution is 2.37. The maximum absolute atomic E-state index is 10.9. The zero-order valence-electron chi connectivity index (χ0n) is 10.6. The van der Waals surface area contributed by atoms with Gasteiger partial charge in [-0.2, -0.15) is 4.98 Å². The summed E-state index contributed by atoms with van der Waals surface area (Å²) in [5.74, 6) is 1.01. The van der Waals surface area contributed by atoms with Gasteiger partial charge in [0.05, 0.1) is 4.92 Å². The minimum Gasteiger partial charge on any atom is -0.437 e. The highest BCUT2D eigenvalue weighted by molar-refractivity contribution is 9.10. The molecule has 0 saturated heterocycles. The highest BCUT2D eigenvalue weighted by Gasteiger charge is 2.18. The number of nitro groups is 1. The molecule has 2 aromatic rings. The summed E-state index contributed by atoms with van der Waals surface area (Å²) in [5.41, 5.74) is 0.479. The van der Waals surface area contributed by atoms with Crippen LogP contribution in [-0.2, 0) is 0 Å². The summed E-state index contributed by atoms with van der Waals surface area (Å²) in [4.78, 5) is 18.5. The number of hydrogen-bond acceptors (Lipinski definition) is 5. The molecule has 0 radical (unpaired) electrons. The summed E-state index contributed by atoms with van der Waals surface area (Å²) < 4.78 is 5.85. The number of hydrogen-bond donors (Lipinski definition) is 0. The Bertz CT molecular complexity index is 694. The van der Waals surface area contributed by atoms with Crippen LogP contribution in [0.5, 0.6) is 11.6 Å². The van der Waals surface area contributed by atoms with Gasteiger partial charge in [0.25, 0.3) is 5.69 Å². The first-order valence-electron chi connectivity index (χ1n) is 5.51. The molecule has 1 aromatic heterocycles. The molecule has 0 unspecified atom stereocenters. The summed E-state index contributed by atoms with van der Waals surface area (Å²) >= 11 is 9.11. The van der Waals surface area contributed by atoms with Crippen LogP contribution in [0.3, 0.4) is 0 Å². The molecule has 0 amide bonds. The van der Waals surface area contributed by atoms with Crippen molar-refractivity contribution in [3.8, 4) is 11.6 Å². The van der Waals surface area contributed by atoms with Gasteiger partial charge >= 0.3 is 0 Å². The predicted octanol–water partition coefficient (Wildman–Crippen LogP) is 4.21. The Hall–Kier alpha value is -1.73. The van der Waals surface area contributed by atoms with E-state index in [1.165, 1.54) is 12.1 Å². The molecule has 1 aromatic carbocycles. The Morgan fingerprint density at radius 2 is 2.05 bits per heavy atom. The van der Waals surface area contributed by atoms with E-state index in [1.54, 1.807) is 19.9 Å². The fourth-order valence-electron chi connectivity index (χ4n) is 1.49. The smallest absolute Gasteiger partial charge is 0.287 e. The number of nitrogens with zero attached hydrogens (tertiary/aromatic N) is 3. The standard InChI is InChI=1S/C12H9BrClN3O3/c1-6-11(14)15-7(2)16-12(6)20-9-5-3-4-8(10(9)13)17(18)19/h3-5H,1-2H3. The second-order valence-electron chi connectivity index (χ2n) is 3.94. The third-order valence-electron chi connectivity index (χ3n) is 2.50. The number of aryl methyl sites for hydroxylation is 1. The molecule has 0 aliphatic carbocycles. The number of benzene rings is 1. The van der Waals surface area contributed by atoms with Crippen LogP contribution in [0.25, 0.3) is 0 Å². The van der Waals surface area contributed by atoms with Crippen molar-refractivity contribution in [1.29, 1.82) is 0 Å². The Morgan fingerprint density at radius 1 is 1.35 bits per heavy atom. The fourth-order valence-corrected chi connectivity index (χ4v) is 2.19. The Balaban J connectivity index is 2.46. The topological polar surface area (TPSA) is 78.2 Å². The van der Waals surface area contributed by atoms with Crippen molar-refractivity contribution in [2.45, 2.75) is 13.8 Å². The van der Waals surface area contributed by atoms with Gasteiger partial charge in [-0.3, -0.25) is 10.1 Å². The van der Waals surface area contributed by atoms with Gasteiger partial charge in [0, 0.05) is 11.6 Å². The maximum Gasteiger partial charge on any atom is 0.287 e. The summed E-state index contributed by atoms with van der Waals surface area (Å²) in [6.07, 6.45) is 0. The van der Waals surface area contributed by atoms with E-state index in [-0.39, 0.29) is 26.9 Å². The minimum atomic E-state index is -0.498. The lowest BCUT2D eigenvalue weighted by atomic mass is 10.3. The molecule has 2 rings (SSSR count). The second-order valence-corrected chi connectivity index (χ2v) is 5.09. The van der Waals surface area contributed by atoms with E-state index < -0.39 is 4.92 Å². The molecule has 0 aliphatic heterocycles. The van der Waals surface area contributed by atoms with Gasteiger partial charge in [0.15, 0.2) is 5.75 Å². The molecule has 1 heterocycles. The number of aromatic nitrogens is 2. The third-order valence-corrected chi connectivity index (χ3v) is 3.66. The molecule has 20 heavy (non-hydrogen) atoms. The van der Waals surface area contributed by atoms with Gasteiger partial charge < -0.3 is 4.74 Å². The molecular formula is C12H9BrClN3O3. The van der Waals surface area contributed by atoms with Crippen molar-refractivity contribution in [3.05, 3.63) is 49.3 Å². The molecule has 0 spiro atoms. The summed E-state index contributed by atoms with van der Waals surface area (Å²) in [6, 6.07) is 4.51. The predicted molar refractivity (Wildman–Crippen MR) is 77.4 cm³/mol. The first-order valence-corrected chi connectivity index (χ1v) is 6.68. The van der Waals surface area contributed by atoms with E-state index in [4.69, 9.17) is 16.3 Å². The van der Waals surface area contributed by atoms with E-state index in [1.807, 2.05) is 0 Å². The summed E-state index contributed by atoms with van der Waals surface area (Å²) in [7, 11) is 0. The number of halogens is 2. The van der Waals surface area contributed by atoms with Crippen molar-refractivity contribution < 1.29 is 9.66 Å². The van der Waals surface area contributed by atoms with Crippen LogP contribution in [0.2, 0.25) is 5.15 Å². The largest absolute Gasteiger partial charge is 0.437 e. The van der Waals surface area contributed by atoms with Crippen LogP contribution < -0.4 is 4.74 Å². The first kappa shape index (κ1) is 14.7. The number of ether oxygens (including phenoxy) is 1. The van der Waals surface area contributed by atoms with Crippen molar-refractivity contribution in [2.24, 2.45) is 0 Å². The second kappa shape index (κ2) is 5.72. The first-order chi connectivity index (χ1) is 9.40. The van der Waals surface area contributed by atoms with Crippen molar-refractivity contribution in [1.82, 2.24) is 9.97 Å². The van der Waals surface area contributed by atoms with E-state index in [2.05, 4.69) is 25.9 Å². The quantitative estimate of drug-likeness (QED) is 0.466. The monoisotopic (exact) mass is 357 g/mol. The van der Waals surface area contributed by atoms with Crippen molar-refractivity contribution >= 4 is 33.2 Å². The Morgan fingerprint density at radius 3 is 2.70 bits per heavy atom. The van der Waals surface area contributed by atoms with Crippen LogP contribution in [-0.4, -0.2) is 14.9 Å². The minimum absolute atomic E-state index is 0.0861. The van der Waals surface area contributed by atoms with Gasteiger partial charge in [0.1, 0.15) is 15.5 Å². The summed E-state index contributed by atoms with van der Waals surface area (Å²) in [6.45, 7) is 3.39. The lowest BCUT2D eigenvalue weighted by Crippen LogP contribution is -1.99. The zero-order chi connectivity index (χ0) is 14.9. The van der Waals surface area contributed by atoms with Crippen LogP contribution in [0, 0.1) is 24.0 Å². The molecule has 0 atom stereocenters. The molecule has 104 valence electrons. The average Bonchev–Trinajstić information content (AvgIpc) is 2.37. The normalized spacial score (nSPS) is 10.4. The molecule has 0 aliphatic rings. The van der Waals surface area contributed by atoms with E-state index >= 15 is 0 Å². The lowest BCUT2D eigenvalue weighted by molar-refractivity contribution is -0.385. The zero-order valence-corrected chi connectivity index (χ0v) is 12.9. The fraction of sp³-hybridized carbons (Fsp3) is 0.167. The molecule has 6 nitrogen and oxygen atoms in total. The number of rotatable bonds is 3. The van der Waals surface area contributed by atoms with E-state index in [0.717, 1.165) is 0 Å². The SMILES string of the molecule is Cc1nc(Cl)c(C)c(Oc2cccc([N+](=O)[O-])c2Br)n1. The maximum atomic E-state index is 10.9. The van der Waals surface area contributed by atoms with Gasteiger partial charge in [-0.1, -0.05) is 17.7 Å². The Kier molecular flexibility index (Phi) is 4.20. The molecule has 0 fully saturated rings. The van der Waals surface area contributed by atoms with Crippen LogP contribution in [0.15, 0.2) is 22.7 Å². The highest BCUT2D eigenvalue weighted by atomic mass is 79.9. The van der Waals surface area contributed by atoms with Crippen molar-refractivity contribution in [2.75, 3.05) is 0 Å². The lowest BCUT2D eigenvalue weighted by Gasteiger charge is -2.10. The molecule has 0 saturated carbocycles. The average molecular weight is 359 g/mol. The van der Waals surface area contributed by atoms with Crippen molar-refractivity contribution in [3.63, 3.8) is 0 Å². The van der Waals surface area contributed by atoms with E-state index in [0.29, 0.717) is 11.4 Å².